The lowest BCUT2D eigenvalue weighted by molar-refractivity contribution is -0.117. The summed E-state index contributed by atoms with van der Waals surface area (Å²) in [6.07, 6.45) is 4.66. The molecule has 6 heteroatoms. The van der Waals surface area contributed by atoms with Crippen LogP contribution in [0, 0.1) is 0 Å². The van der Waals surface area contributed by atoms with Crippen LogP contribution < -0.4 is 5.32 Å². The van der Waals surface area contributed by atoms with Crippen molar-refractivity contribution >= 4 is 27.9 Å². The molecule has 1 aromatic carbocycles. The van der Waals surface area contributed by atoms with E-state index in [4.69, 9.17) is 0 Å². The molecule has 19 heavy (non-hydrogen) atoms. The molecule has 1 heterocycles. The van der Waals surface area contributed by atoms with Crippen LogP contribution in [0.1, 0.15) is 24.4 Å². The van der Waals surface area contributed by atoms with E-state index in [1.54, 1.807) is 6.08 Å². The van der Waals surface area contributed by atoms with Crippen LogP contribution in [0.4, 0.5) is 0 Å². The Kier molecular flexibility index (Phi) is 4.46. The lowest BCUT2D eigenvalue weighted by Crippen LogP contribution is -2.25. The highest BCUT2D eigenvalue weighted by Crippen LogP contribution is 2.12. The molecule has 1 unspecified atom stereocenters. The van der Waals surface area contributed by atoms with Crippen molar-refractivity contribution in [2.24, 2.45) is 0 Å². The molecule has 0 aliphatic rings. The fourth-order valence-corrected chi connectivity index (χ4v) is 1.95. The van der Waals surface area contributed by atoms with Gasteiger partial charge in [0, 0.05) is 10.5 Å². The SMILES string of the molecule is CC(NC(=O)/C=C/c1cccc(Br)c1)c1ncn[nH]1. The molecule has 0 saturated heterocycles. The second kappa shape index (κ2) is 6.29. The molecule has 0 radical (unpaired) electrons. The van der Waals surface area contributed by atoms with E-state index >= 15 is 0 Å². The topological polar surface area (TPSA) is 70.7 Å². The zero-order chi connectivity index (χ0) is 13.7. The highest BCUT2D eigenvalue weighted by atomic mass is 79.9. The maximum absolute atomic E-state index is 11.7. The van der Waals surface area contributed by atoms with Crippen molar-refractivity contribution in [2.75, 3.05) is 0 Å². The first-order valence-corrected chi connectivity index (χ1v) is 6.54. The van der Waals surface area contributed by atoms with Crippen LogP contribution in [0.25, 0.3) is 6.08 Å². The first-order chi connectivity index (χ1) is 9.15. The van der Waals surface area contributed by atoms with Crippen LogP contribution in [0.3, 0.4) is 0 Å². The van der Waals surface area contributed by atoms with Crippen molar-refractivity contribution in [1.82, 2.24) is 20.5 Å². The van der Waals surface area contributed by atoms with Crippen molar-refractivity contribution in [1.29, 1.82) is 0 Å². The molecular weight excluding hydrogens is 308 g/mol. The molecule has 0 spiro atoms. The van der Waals surface area contributed by atoms with Crippen LogP contribution in [-0.4, -0.2) is 21.1 Å². The summed E-state index contributed by atoms with van der Waals surface area (Å²) in [5, 5.41) is 9.26. The monoisotopic (exact) mass is 320 g/mol. The van der Waals surface area contributed by atoms with E-state index in [-0.39, 0.29) is 11.9 Å². The second-order valence-corrected chi connectivity index (χ2v) is 4.91. The summed E-state index contributed by atoms with van der Waals surface area (Å²) in [6, 6.07) is 7.50. The minimum Gasteiger partial charge on any atom is -0.343 e. The summed E-state index contributed by atoms with van der Waals surface area (Å²) in [7, 11) is 0. The van der Waals surface area contributed by atoms with Gasteiger partial charge in [-0.15, -0.1) is 0 Å². The lowest BCUT2D eigenvalue weighted by atomic mass is 10.2. The van der Waals surface area contributed by atoms with Crippen LogP contribution >= 0.6 is 15.9 Å². The highest BCUT2D eigenvalue weighted by molar-refractivity contribution is 9.10. The molecule has 0 aliphatic heterocycles. The number of carbonyl (C=O) groups is 1. The first kappa shape index (κ1) is 13.5. The number of hydrogen-bond acceptors (Lipinski definition) is 3. The normalized spacial score (nSPS) is 12.5. The molecular formula is C13H13BrN4O. The van der Waals surface area contributed by atoms with Crippen molar-refractivity contribution in [3.05, 3.63) is 52.5 Å². The van der Waals surface area contributed by atoms with Crippen LogP contribution in [-0.2, 0) is 4.79 Å². The minimum atomic E-state index is -0.206. The van der Waals surface area contributed by atoms with Gasteiger partial charge < -0.3 is 5.32 Å². The standard InChI is InChI=1S/C13H13BrN4O/c1-9(13-15-8-16-18-13)17-12(19)6-5-10-3-2-4-11(14)7-10/h2-9H,1H3,(H,17,19)(H,15,16,18)/b6-5+. The number of hydrogen-bond donors (Lipinski definition) is 2. The van der Waals surface area contributed by atoms with Gasteiger partial charge in [-0.25, -0.2) is 4.98 Å². The second-order valence-electron chi connectivity index (χ2n) is 3.99. The fourth-order valence-electron chi connectivity index (χ4n) is 1.54. The highest BCUT2D eigenvalue weighted by Gasteiger charge is 2.09. The fraction of sp³-hybridized carbons (Fsp3) is 0.154. The Morgan fingerprint density at radius 2 is 2.37 bits per heavy atom. The molecule has 1 aromatic heterocycles. The Hall–Kier alpha value is -1.95. The third kappa shape index (κ3) is 4.03. The van der Waals surface area contributed by atoms with Crippen molar-refractivity contribution in [2.45, 2.75) is 13.0 Å². The van der Waals surface area contributed by atoms with E-state index in [0.717, 1.165) is 10.0 Å². The molecule has 0 saturated carbocycles. The molecule has 2 N–H and O–H groups in total. The summed E-state index contributed by atoms with van der Waals surface area (Å²) >= 11 is 3.38. The number of rotatable bonds is 4. The Balaban J connectivity index is 1.94. The lowest BCUT2D eigenvalue weighted by Gasteiger charge is -2.08. The average Bonchev–Trinajstić information content (AvgIpc) is 2.90. The number of benzene rings is 1. The zero-order valence-corrected chi connectivity index (χ0v) is 11.9. The van der Waals surface area contributed by atoms with Gasteiger partial charge in [0.2, 0.25) is 5.91 Å². The predicted octanol–water partition coefficient (Wildman–Crippen LogP) is 2.46. The van der Waals surface area contributed by atoms with Gasteiger partial charge in [0.05, 0.1) is 6.04 Å². The van der Waals surface area contributed by atoms with Gasteiger partial charge in [-0.05, 0) is 30.7 Å². The van der Waals surface area contributed by atoms with E-state index in [1.807, 2.05) is 31.2 Å². The third-order valence-electron chi connectivity index (χ3n) is 2.48. The van der Waals surface area contributed by atoms with Gasteiger partial charge in [-0.1, -0.05) is 28.1 Å². The predicted molar refractivity (Wildman–Crippen MR) is 76.1 cm³/mol. The van der Waals surface area contributed by atoms with E-state index in [0.29, 0.717) is 5.82 Å². The van der Waals surface area contributed by atoms with Gasteiger partial charge in [0.15, 0.2) is 0 Å². The number of aromatic amines is 1. The van der Waals surface area contributed by atoms with Crippen molar-refractivity contribution < 1.29 is 4.79 Å². The molecule has 0 aliphatic carbocycles. The molecule has 2 rings (SSSR count). The molecule has 2 aromatic rings. The van der Waals surface area contributed by atoms with E-state index in [9.17, 15) is 4.79 Å². The summed E-state index contributed by atoms with van der Waals surface area (Å²) in [6.45, 7) is 1.84. The number of H-pyrrole nitrogens is 1. The Morgan fingerprint density at radius 1 is 1.53 bits per heavy atom. The van der Waals surface area contributed by atoms with Gasteiger partial charge in [-0.2, -0.15) is 5.10 Å². The van der Waals surface area contributed by atoms with E-state index in [2.05, 4.69) is 36.4 Å². The Morgan fingerprint density at radius 3 is 3.05 bits per heavy atom. The van der Waals surface area contributed by atoms with Gasteiger partial charge >= 0.3 is 0 Å². The minimum absolute atomic E-state index is 0.177. The van der Waals surface area contributed by atoms with Crippen LogP contribution in [0.2, 0.25) is 0 Å². The van der Waals surface area contributed by atoms with Gasteiger partial charge in [-0.3, -0.25) is 9.89 Å². The summed E-state index contributed by atoms with van der Waals surface area (Å²) in [5.74, 6) is 0.452. The number of carbonyl (C=O) groups excluding carboxylic acids is 1. The molecule has 5 nitrogen and oxygen atoms in total. The van der Waals surface area contributed by atoms with Gasteiger partial charge in [0.25, 0.3) is 0 Å². The van der Waals surface area contributed by atoms with E-state index < -0.39 is 0 Å². The maximum Gasteiger partial charge on any atom is 0.244 e. The zero-order valence-electron chi connectivity index (χ0n) is 10.3. The summed E-state index contributed by atoms with van der Waals surface area (Å²) in [5.41, 5.74) is 0.955. The molecule has 0 bridgehead atoms. The number of nitrogens with zero attached hydrogens (tertiary/aromatic N) is 2. The first-order valence-electron chi connectivity index (χ1n) is 5.74. The van der Waals surface area contributed by atoms with Crippen molar-refractivity contribution in [3.8, 4) is 0 Å². The van der Waals surface area contributed by atoms with Crippen LogP contribution in [0.5, 0.6) is 0 Å². The number of halogens is 1. The molecule has 1 amide bonds. The Bertz CT molecular complexity index is 580. The Labute approximate surface area is 119 Å². The van der Waals surface area contributed by atoms with Gasteiger partial charge in [0.1, 0.15) is 12.2 Å². The van der Waals surface area contributed by atoms with E-state index in [1.165, 1.54) is 12.4 Å². The summed E-state index contributed by atoms with van der Waals surface area (Å²) in [4.78, 5) is 15.7. The molecule has 1 atom stereocenters. The van der Waals surface area contributed by atoms with Crippen molar-refractivity contribution in [3.63, 3.8) is 0 Å². The molecule has 98 valence electrons. The van der Waals surface area contributed by atoms with Crippen LogP contribution in [0.15, 0.2) is 41.1 Å². The third-order valence-corrected chi connectivity index (χ3v) is 2.97. The average molecular weight is 321 g/mol. The maximum atomic E-state index is 11.7. The number of aromatic nitrogens is 3. The number of nitrogens with one attached hydrogen (secondary N) is 2. The number of amides is 1. The quantitative estimate of drug-likeness (QED) is 0.850. The largest absolute Gasteiger partial charge is 0.343 e. The smallest absolute Gasteiger partial charge is 0.244 e. The summed E-state index contributed by atoms with van der Waals surface area (Å²) < 4.78 is 0.977. The molecule has 0 fully saturated rings.